The molecule has 0 aromatic carbocycles. The van der Waals surface area contributed by atoms with Gasteiger partial charge in [-0.25, -0.2) is 0 Å². The molecule has 1 aliphatic carbocycles. The van der Waals surface area contributed by atoms with E-state index >= 15 is 0 Å². The zero-order valence-electron chi connectivity index (χ0n) is 9.82. The molecule has 96 valence electrons. The fraction of sp³-hybridized carbons (Fsp3) is 0.727. The summed E-state index contributed by atoms with van der Waals surface area (Å²) in [4.78, 5) is 33.5. The van der Waals surface area contributed by atoms with Gasteiger partial charge < -0.3 is 15.2 Å². The van der Waals surface area contributed by atoms with Crippen LogP contribution < -0.4 is 5.32 Å². The van der Waals surface area contributed by atoms with Crippen LogP contribution in [-0.4, -0.2) is 36.6 Å². The number of nitrogens with one attached hydrogen (secondary N) is 1. The van der Waals surface area contributed by atoms with Crippen LogP contribution in [0.25, 0.3) is 0 Å². The normalized spacial score (nSPS) is 17.5. The minimum Gasteiger partial charge on any atom is -0.481 e. The Morgan fingerprint density at radius 2 is 1.88 bits per heavy atom. The van der Waals surface area contributed by atoms with E-state index in [2.05, 4.69) is 10.1 Å². The third kappa shape index (κ3) is 3.44. The molecule has 1 fully saturated rings. The predicted molar refractivity (Wildman–Crippen MR) is 58.2 cm³/mol. The molecule has 0 radical (unpaired) electrons. The van der Waals surface area contributed by atoms with Crippen LogP contribution in [0.3, 0.4) is 0 Å². The zero-order chi connectivity index (χ0) is 12.9. The Labute approximate surface area is 99.3 Å². The second-order valence-corrected chi connectivity index (χ2v) is 4.32. The Kier molecular flexibility index (Phi) is 4.48. The van der Waals surface area contributed by atoms with Gasteiger partial charge in [-0.1, -0.05) is 12.8 Å². The Morgan fingerprint density at radius 1 is 1.29 bits per heavy atom. The lowest BCUT2D eigenvalue weighted by atomic mass is 9.82. The number of carboxylic acid groups (broad SMARTS) is 1. The zero-order valence-corrected chi connectivity index (χ0v) is 9.82. The van der Waals surface area contributed by atoms with Gasteiger partial charge in [0.05, 0.1) is 12.5 Å². The molecule has 6 heteroatoms. The molecule has 17 heavy (non-hydrogen) atoms. The lowest BCUT2D eigenvalue weighted by molar-refractivity contribution is -0.151. The average molecular weight is 243 g/mol. The monoisotopic (exact) mass is 243 g/mol. The summed E-state index contributed by atoms with van der Waals surface area (Å²) in [5.41, 5.74) is -0.944. The number of hydrogen-bond donors (Lipinski definition) is 2. The van der Waals surface area contributed by atoms with Crippen molar-refractivity contribution >= 4 is 17.8 Å². The lowest BCUT2D eigenvalue weighted by Gasteiger charge is -2.22. The number of hydrogen-bond acceptors (Lipinski definition) is 4. The van der Waals surface area contributed by atoms with E-state index in [-0.39, 0.29) is 13.0 Å². The summed E-state index contributed by atoms with van der Waals surface area (Å²) in [5, 5.41) is 11.5. The molecule has 0 spiro atoms. The summed E-state index contributed by atoms with van der Waals surface area (Å²) < 4.78 is 4.37. The summed E-state index contributed by atoms with van der Waals surface area (Å²) in [6.45, 7) is -0.217. The molecule has 0 aliphatic heterocycles. The fourth-order valence-corrected chi connectivity index (χ4v) is 2.13. The molecule has 0 unspecified atom stereocenters. The SMILES string of the molecule is COC(=O)CNC(=O)CC1(C(=O)O)CCCC1. The van der Waals surface area contributed by atoms with E-state index in [9.17, 15) is 14.4 Å². The van der Waals surface area contributed by atoms with Crippen LogP contribution >= 0.6 is 0 Å². The first-order chi connectivity index (χ1) is 8.00. The molecule has 0 saturated heterocycles. The molecule has 0 aromatic rings. The van der Waals surface area contributed by atoms with Crippen molar-refractivity contribution in [3.63, 3.8) is 0 Å². The van der Waals surface area contributed by atoms with Gasteiger partial charge in [0.25, 0.3) is 0 Å². The van der Waals surface area contributed by atoms with E-state index in [0.717, 1.165) is 12.8 Å². The number of carbonyl (C=O) groups is 3. The Morgan fingerprint density at radius 3 is 2.35 bits per heavy atom. The number of ether oxygens (including phenoxy) is 1. The van der Waals surface area contributed by atoms with Crippen LogP contribution in [0.4, 0.5) is 0 Å². The van der Waals surface area contributed by atoms with Crippen LogP contribution in [0.2, 0.25) is 0 Å². The molecule has 0 bridgehead atoms. The van der Waals surface area contributed by atoms with Crippen molar-refractivity contribution in [2.45, 2.75) is 32.1 Å². The van der Waals surface area contributed by atoms with Crippen molar-refractivity contribution < 1.29 is 24.2 Å². The lowest BCUT2D eigenvalue weighted by Crippen LogP contribution is -2.37. The number of amides is 1. The van der Waals surface area contributed by atoms with Gasteiger partial charge in [0.1, 0.15) is 6.54 Å². The quantitative estimate of drug-likeness (QED) is 0.678. The number of rotatable bonds is 5. The minimum absolute atomic E-state index is 0.0701. The molecule has 0 heterocycles. The van der Waals surface area contributed by atoms with Gasteiger partial charge in [-0.05, 0) is 12.8 Å². The van der Waals surface area contributed by atoms with Crippen LogP contribution in [0.1, 0.15) is 32.1 Å². The Balaban J connectivity index is 2.48. The van der Waals surface area contributed by atoms with Gasteiger partial charge >= 0.3 is 11.9 Å². The second kappa shape index (κ2) is 5.65. The van der Waals surface area contributed by atoms with Crippen LogP contribution in [0.5, 0.6) is 0 Å². The molecular formula is C11H17NO5. The largest absolute Gasteiger partial charge is 0.481 e. The number of carbonyl (C=O) groups excluding carboxylic acids is 2. The molecule has 1 saturated carbocycles. The average Bonchev–Trinajstić information content (AvgIpc) is 2.75. The third-order valence-corrected chi connectivity index (χ3v) is 3.17. The Hall–Kier alpha value is -1.59. The number of esters is 1. The van der Waals surface area contributed by atoms with E-state index in [1.165, 1.54) is 7.11 Å². The van der Waals surface area contributed by atoms with Gasteiger partial charge in [0, 0.05) is 6.42 Å². The molecule has 0 atom stereocenters. The predicted octanol–water partition coefficient (Wildman–Crippen LogP) is 0.311. The number of methoxy groups -OCH3 is 1. The van der Waals surface area contributed by atoms with Crippen molar-refractivity contribution in [3.8, 4) is 0 Å². The fourth-order valence-electron chi connectivity index (χ4n) is 2.13. The smallest absolute Gasteiger partial charge is 0.325 e. The molecule has 1 amide bonds. The maximum Gasteiger partial charge on any atom is 0.325 e. The van der Waals surface area contributed by atoms with Crippen LogP contribution in [0.15, 0.2) is 0 Å². The molecule has 6 nitrogen and oxygen atoms in total. The van der Waals surface area contributed by atoms with Gasteiger partial charge in [0.15, 0.2) is 0 Å². The van der Waals surface area contributed by atoms with E-state index in [0.29, 0.717) is 12.8 Å². The standard InChI is InChI=1S/C11H17NO5/c1-17-9(14)7-12-8(13)6-11(10(15)16)4-2-3-5-11/h2-7H2,1H3,(H,12,13)(H,15,16). The molecular weight excluding hydrogens is 226 g/mol. The van der Waals surface area contributed by atoms with Crippen molar-refractivity contribution in [1.29, 1.82) is 0 Å². The maximum atomic E-state index is 11.5. The first kappa shape index (κ1) is 13.5. The van der Waals surface area contributed by atoms with Crippen molar-refractivity contribution in [2.24, 2.45) is 5.41 Å². The second-order valence-electron chi connectivity index (χ2n) is 4.32. The van der Waals surface area contributed by atoms with E-state index in [4.69, 9.17) is 5.11 Å². The highest BCUT2D eigenvalue weighted by Crippen LogP contribution is 2.41. The summed E-state index contributed by atoms with van der Waals surface area (Å²) in [7, 11) is 1.23. The van der Waals surface area contributed by atoms with Gasteiger partial charge in [-0.3, -0.25) is 14.4 Å². The third-order valence-electron chi connectivity index (χ3n) is 3.17. The Bertz CT molecular complexity index is 320. The van der Waals surface area contributed by atoms with Crippen molar-refractivity contribution in [1.82, 2.24) is 5.32 Å². The highest BCUT2D eigenvalue weighted by molar-refractivity contribution is 5.87. The van der Waals surface area contributed by atoms with Gasteiger partial charge in [0.2, 0.25) is 5.91 Å². The van der Waals surface area contributed by atoms with Crippen molar-refractivity contribution in [2.75, 3.05) is 13.7 Å². The number of carboxylic acids is 1. The first-order valence-electron chi connectivity index (χ1n) is 5.57. The summed E-state index contributed by atoms with van der Waals surface area (Å²) in [6, 6.07) is 0. The highest BCUT2D eigenvalue weighted by Gasteiger charge is 2.42. The van der Waals surface area contributed by atoms with Crippen LogP contribution in [0, 0.1) is 5.41 Å². The molecule has 1 aliphatic rings. The summed E-state index contributed by atoms with van der Waals surface area (Å²) in [6.07, 6.45) is 2.63. The number of aliphatic carboxylic acids is 1. The van der Waals surface area contributed by atoms with Crippen molar-refractivity contribution in [3.05, 3.63) is 0 Å². The first-order valence-corrected chi connectivity index (χ1v) is 5.57. The highest BCUT2D eigenvalue weighted by atomic mass is 16.5. The molecule has 2 N–H and O–H groups in total. The van der Waals surface area contributed by atoms with E-state index in [1.54, 1.807) is 0 Å². The van der Waals surface area contributed by atoms with E-state index in [1.807, 2.05) is 0 Å². The van der Waals surface area contributed by atoms with E-state index < -0.39 is 23.3 Å². The summed E-state index contributed by atoms with van der Waals surface area (Å²) in [5.74, 6) is -1.89. The topological polar surface area (TPSA) is 92.7 Å². The molecule has 0 aromatic heterocycles. The van der Waals surface area contributed by atoms with Crippen LogP contribution in [-0.2, 0) is 19.1 Å². The summed E-state index contributed by atoms with van der Waals surface area (Å²) >= 11 is 0. The van der Waals surface area contributed by atoms with Gasteiger partial charge in [-0.15, -0.1) is 0 Å². The minimum atomic E-state index is -0.944. The maximum absolute atomic E-state index is 11.5. The molecule has 1 rings (SSSR count). The van der Waals surface area contributed by atoms with Gasteiger partial charge in [-0.2, -0.15) is 0 Å².